The normalized spacial score (nSPS) is 13.9. The van der Waals surface area contributed by atoms with Crippen molar-refractivity contribution in [2.75, 3.05) is 11.9 Å². The van der Waals surface area contributed by atoms with Gasteiger partial charge in [0, 0.05) is 11.9 Å². The van der Waals surface area contributed by atoms with Crippen molar-refractivity contribution in [3.8, 4) is 0 Å². The van der Waals surface area contributed by atoms with Gasteiger partial charge in [0.1, 0.15) is 5.15 Å². The lowest BCUT2D eigenvalue weighted by molar-refractivity contribution is 0.224. The van der Waals surface area contributed by atoms with Gasteiger partial charge in [-0.05, 0) is 24.6 Å². The Morgan fingerprint density at radius 3 is 2.61 bits per heavy atom. The molecule has 94 valence electrons. The molecule has 0 bridgehead atoms. The van der Waals surface area contributed by atoms with E-state index in [1.165, 1.54) is 0 Å². The van der Waals surface area contributed by atoms with E-state index < -0.39 is 5.54 Å². The highest BCUT2D eigenvalue weighted by Crippen LogP contribution is 2.26. The van der Waals surface area contributed by atoms with Crippen LogP contribution in [-0.4, -0.2) is 16.7 Å². The topological polar surface area (TPSA) is 45.1 Å². The van der Waals surface area contributed by atoms with Gasteiger partial charge in [-0.3, -0.25) is 0 Å². The van der Waals surface area contributed by atoms with Gasteiger partial charge in [0.2, 0.25) is 0 Å². The zero-order valence-electron chi connectivity index (χ0n) is 10.1. The summed E-state index contributed by atoms with van der Waals surface area (Å²) in [6.45, 7) is 1.92. The lowest BCUT2D eigenvalue weighted by atomic mass is 9.92. The summed E-state index contributed by atoms with van der Waals surface area (Å²) in [5.74, 6) is 0. The third-order valence-corrected chi connectivity index (χ3v) is 3.08. The molecule has 0 spiro atoms. The first-order valence-corrected chi connectivity index (χ1v) is 6.08. The summed E-state index contributed by atoms with van der Waals surface area (Å²) in [5, 5.41) is 13.4. The molecule has 0 aliphatic heterocycles. The monoisotopic (exact) mass is 262 g/mol. The Morgan fingerprint density at radius 1 is 1.28 bits per heavy atom. The van der Waals surface area contributed by atoms with Crippen molar-refractivity contribution in [1.29, 1.82) is 0 Å². The SMILES string of the molecule is CC(CO)(Nc1ccnc(Cl)c1)c1ccccc1. The molecule has 2 N–H and O–H groups in total. The lowest BCUT2D eigenvalue weighted by Crippen LogP contribution is -2.35. The quantitative estimate of drug-likeness (QED) is 0.833. The largest absolute Gasteiger partial charge is 0.394 e. The van der Waals surface area contributed by atoms with Crippen LogP contribution in [-0.2, 0) is 5.54 Å². The molecule has 0 amide bonds. The number of pyridine rings is 1. The standard InChI is InChI=1S/C14H15ClN2O/c1-14(10-18,11-5-3-2-4-6-11)17-12-7-8-16-13(15)9-12/h2-9,18H,10H2,1H3,(H,16,17). The van der Waals surface area contributed by atoms with E-state index in [2.05, 4.69) is 10.3 Å². The molecule has 0 aliphatic carbocycles. The summed E-state index contributed by atoms with van der Waals surface area (Å²) in [7, 11) is 0. The molecule has 1 unspecified atom stereocenters. The number of aromatic nitrogens is 1. The fraction of sp³-hybridized carbons (Fsp3) is 0.214. The maximum Gasteiger partial charge on any atom is 0.131 e. The number of hydrogen-bond acceptors (Lipinski definition) is 3. The molecule has 0 saturated heterocycles. The van der Waals surface area contributed by atoms with E-state index in [9.17, 15) is 5.11 Å². The fourth-order valence-corrected chi connectivity index (χ4v) is 1.98. The number of aliphatic hydroxyl groups excluding tert-OH is 1. The summed E-state index contributed by atoms with van der Waals surface area (Å²) >= 11 is 5.85. The van der Waals surface area contributed by atoms with Gasteiger partial charge >= 0.3 is 0 Å². The molecule has 0 aliphatic rings. The second-order valence-corrected chi connectivity index (χ2v) is 4.74. The van der Waals surface area contributed by atoms with Gasteiger partial charge in [0.05, 0.1) is 12.1 Å². The molecular formula is C14H15ClN2O. The molecule has 18 heavy (non-hydrogen) atoms. The summed E-state index contributed by atoms with van der Waals surface area (Å²) in [6, 6.07) is 13.4. The van der Waals surface area contributed by atoms with Gasteiger partial charge in [-0.25, -0.2) is 4.98 Å². The summed E-state index contributed by atoms with van der Waals surface area (Å²) in [4.78, 5) is 3.93. The van der Waals surface area contributed by atoms with Gasteiger partial charge in [-0.2, -0.15) is 0 Å². The van der Waals surface area contributed by atoms with Gasteiger partial charge in [0.15, 0.2) is 0 Å². The molecule has 2 aromatic rings. The highest BCUT2D eigenvalue weighted by atomic mass is 35.5. The van der Waals surface area contributed by atoms with E-state index in [4.69, 9.17) is 11.6 Å². The van der Waals surface area contributed by atoms with Crippen LogP contribution in [0.15, 0.2) is 48.7 Å². The van der Waals surface area contributed by atoms with E-state index >= 15 is 0 Å². The number of aliphatic hydroxyl groups is 1. The minimum absolute atomic E-state index is 0.0169. The van der Waals surface area contributed by atoms with Crippen molar-refractivity contribution < 1.29 is 5.11 Å². The third-order valence-electron chi connectivity index (χ3n) is 2.87. The first-order valence-electron chi connectivity index (χ1n) is 5.70. The Labute approximate surface area is 111 Å². The van der Waals surface area contributed by atoms with Crippen molar-refractivity contribution in [2.45, 2.75) is 12.5 Å². The first-order chi connectivity index (χ1) is 8.64. The predicted octanol–water partition coefficient (Wildman–Crippen LogP) is 3.05. The van der Waals surface area contributed by atoms with Gasteiger partial charge in [0.25, 0.3) is 0 Å². The third kappa shape index (κ3) is 2.81. The van der Waals surface area contributed by atoms with Crippen LogP contribution in [0.1, 0.15) is 12.5 Å². The highest BCUT2D eigenvalue weighted by Gasteiger charge is 2.25. The number of anilines is 1. The number of hydrogen-bond donors (Lipinski definition) is 2. The molecule has 2 rings (SSSR count). The minimum atomic E-state index is -0.550. The molecule has 3 nitrogen and oxygen atoms in total. The van der Waals surface area contributed by atoms with Crippen LogP contribution >= 0.6 is 11.6 Å². The van der Waals surface area contributed by atoms with Crippen LogP contribution in [0.2, 0.25) is 5.15 Å². The van der Waals surface area contributed by atoms with Gasteiger partial charge in [-0.15, -0.1) is 0 Å². The molecule has 1 heterocycles. The molecule has 1 aromatic heterocycles. The second kappa shape index (κ2) is 5.38. The average molecular weight is 263 g/mol. The Balaban J connectivity index is 2.29. The Kier molecular flexibility index (Phi) is 3.84. The van der Waals surface area contributed by atoms with Crippen LogP contribution in [0.25, 0.3) is 0 Å². The number of nitrogens with one attached hydrogen (secondary N) is 1. The van der Waals surface area contributed by atoms with Crippen molar-refractivity contribution in [1.82, 2.24) is 4.98 Å². The van der Waals surface area contributed by atoms with Crippen LogP contribution < -0.4 is 5.32 Å². The maximum absolute atomic E-state index is 9.66. The molecule has 1 aromatic carbocycles. The number of benzene rings is 1. The molecule has 0 fully saturated rings. The first kappa shape index (κ1) is 12.9. The van der Waals surface area contributed by atoms with Crippen molar-refractivity contribution in [3.63, 3.8) is 0 Å². The highest BCUT2D eigenvalue weighted by molar-refractivity contribution is 6.29. The van der Waals surface area contributed by atoms with Crippen LogP contribution in [0, 0.1) is 0 Å². The average Bonchev–Trinajstić information content (AvgIpc) is 2.39. The van der Waals surface area contributed by atoms with Crippen LogP contribution in [0.3, 0.4) is 0 Å². The summed E-state index contributed by atoms with van der Waals surface area (Å²) in [6.07, 6.45) is 1.63. The number of halogens is 1. The van der Waals surface area contributed by atoms with Crippen molar-refractivity contribution in [3.05, 3.63) is 59.4 Å². The van der Waals surface area contributed by atoms with E-state index in [0.29, 0.717) is 5.15 Å². The lowest BCUT2D eigenvalue weighted by Gasteiger charge is -2.30. The van der Waals surface area contributed by atoms with Crippen LogP contribution in [0.5, 0.6) is 0 Å². The zero-order chi connectivity index (χ0) is 13.0. The molecule has 4 heteroatoms. The van der Waals surface area contributed by atoms with Crippen molar-refractivity contribution >= 4 is 17.3 Å². The Morgan fingerprint density at radius 2 is 2.00 bits per heavy atom. The van der Waals surface area contributed by atoms with Crippen LogP contribution in [0.4, 0.5) is 5.69 Å². The number of rotatable bonds is 4. The zero-order valence-corrected chi connectivity index (χ0v) is 10.9. The minimum Gasteiger partial charge on any atom is -0.394 e. The Bertz CT molecular complexity index is 518. The van der Waals surface area contributed by atoms with Crippen molar-refractivity contribution in [2.24, 2.45) is 0 Å². The van der Waals surface area contributed by atoms with E-state index in [0.717, 1.165) is 11.3 Å². The van der Waals surface area contributed by atoms with E-state index in [1.54, 1.807) is 12.3 Å². The summed E-state index contributed by atoms with van der Waals surface area (Å²) < 4.78 is 0. The smallest absolute Gasteiger partial charge is 0.131 e. The van der Waals surface area contributed by atoms with Gasteiger partial charge < -0.3 is 10.4 Å². The second-order valence-electron chi connectivity index (χ2n) is 4.35. The molecule has 1 atom stereocenters. The molecule has 0 radical (unpaired) electrons. The van der Waals surface area contributed by atoms with Gasteiger partial charge in [-0.1, -0.05) is 41.9 Å². The summed E-state index contributed by atoms with van der Waals surface area (Å²) in [5.41, 5.74) is 1.29. The molecule has 0 saturated carbocycles. The van der Waals surface area contributed by atoms with E-state index in [1.807, 2.05) is 43.3 Å². The van der Waals surface area contributed by atoms with E-state index in [-0.39, 0.29) is 6.61 Å². The number of nitrogens with zero attached hydrogens (tertiary/aromatic N) is 1. The molecular weight excluding hydrogens is 248 g/mol. The predicted molar refractivity (Wildman–Crippen MR) is 73.7 cm³/mol. The Hall–Kier alpha value is -1.58. The fourth-order valence-electron chi connectivity index (χ4n) is 1.81. The maximum atomic E-state index is 9.66.